The lowest BCUT2D eigenvalue weighted by Gasteiger charge is -2.08. The molecule has 7 rings (SSSR count). The molecule has 0 amide bonds. The highest BCUT2D eigenvalue weighted by Gasteiger charge is 2.10. The van der Waals surface area contributed by atoms with E-state index in [0.29, 0.717) is 5.71 Å². The number of furan rings is 1. The molecule has 3 aromatic heterocycles. The molecule has 36 heavy (non-hydrogen) atoms. The lowest BCUT2D eigenvalue weighted by atomic mass is 9.98. The molecule has 0 atom stereocenters. The summed E-state index contributed by atoms with van der Waals surface area (Å²) in [6.45, 7) is 0. The van der Waals surface area contributed by atoms with E-state index in [-0.39, 0.29) is 0 Å². The maximum atomic E-state index is 5.86. The Bertz CT molecular complexity index is 1890. The molecule has 0 radical (unpaired) electrons. The molecule has 0 saturated carbocycles. The van der Waals surface area contributed by atoms with Crippen LogP contribution in [0.5, 0.6) is 0 Å². The lowest BCUT2D eigenvalue weighted by Crippen LogP contribution is -1.86. The third-order valence-electron chi connectivity index (χ3n) is 6.66. The van der Waals surface area contributed by atoms with Crippen LogP contribution in [0.2, 0.25) is 0 Å². The topological polar surface area (TPSA) is 38.9 Å². The SMILES string of the molecule is Ic1ccc(-c2ccc3cc(-c4ccc(-c5ccc6oc7ncccc7c6c5)nc4)ccc3c2)cc1. The molecule has 0 unspecified atom stereocenters. The highest BCUT2D eigenvalue weighted by molar-refractivity contribution is 14.1. The quantitative estimate of drug-likeness (QED) is 0.198. The Morgan fingerprint density at radius 1 is 0.556 bits per heavy atom. The van der Waals surface area contributed by atoms with Crippen LogP contribution in [0.3, 0.4) is 0 Å². The van der Waals surface area contributed by atoms with Crippen LogP contribution in [0, 0.1) is 3.57 Å². The van der Waals surface area contributed by atoms with Gasteiger partial charge in [-0.1, -0.05) is 42.5 Å². The fraction of sp³-hybridized carbons (Fsp3) is 0. The van der Waals surface area contributed by atoms with Gasteiger partial charge in [0.25, 0.3) is 0 Å². The number of hydrogen-bond donors (Lipinski definition) is 0. The van der Waals surface area contributed by atoms with E-state index in [0.717, 1.165) is 38.7 Å². The van der Waals surface area contributed by atoms with Crippen molar-refractivity contribution in [3.63, 3.8) is 0 Å². The first kappa shape index (κ1) is 21.3. The fourth-order valence-corrected chi connectivity index (χ4v) is 5.11. The predicted octanol–water partition coefficient (Wildman–Crippen LogP) is 9.13. The molecular weight excluding hydrogens is 555 g/mol. The van der Waals surface area contributed by atoms with Crippen molar-refractivity contribution in [2.45, 2.75) is 0 Å². The van der Waals surface area contributed by atoms with Gasteiger partial charge in [-0.05, 0) is 111 Å². The highest BCUT2D eigenvalue weighted by atomic mass is 127. The molecule has 4 heteroatoms. The number of pyridine rings is 2. The zero-order valence-corrected chi connectivity index (χ0v) is 21.3. The van der Waals surface area contributed by atoms with Gasteiger partial charge in [0.2, 0.25) is 5.71 Å². The van der Waals surface area contributed by atoms with E-state index in [1.165, 1.54) is 25.5 Å². The number of fused-ring (bicyclic) bond motifs is 4. The first-order valence-electron chi connectivity index (χ1n) is 11.8. The Balaban J connectivity index is 1.20. The molecule has 3 nitrogen and oxygen atoms in total. The molecule has 0 aliphatic heterocycles. The minimum Gasteiger partial charge on any atom is -0.438 e. The number of benzene rings is 4. The summed E-state index contributed by atoms with van der Waals surface area (Å²) in [6.07, 6.45) is 3.71. The van der Waals surface area contributed by atoms with Crippen molar-refractivity contribution in [3.8, 4) is 33.5 Å². The van der Waals surface area contributed by atoms with E-state index >= 15 is 0 Å². The summed E-state index contributed by atoms with van der Waals surface area (Å²) in [6, 6.07) is 36.3. The zero-order valence-electron chi connectivity index (χ0n) is 19.2. The number of nitrogens with zero attached hydrogens (tertiary/aromatic N) is 2. The number of rotatable bonds is 3. The van der Waals surface area contributed by atoms with Gasteiger partial charge < -0.3 is 4.42 Å². The monoisotopic (exact) mass is 574 g/mol. The summed E-state index contributed by atoms with van der Waals surface area (Å²) in [5.74, 6) is 0. The molecule has 0 bridgehead atoms. The Hall–Kier alpha value is -4.03. The molecule has 0 aliphatic carbocycles. The molecule has 4 aromatic carbocycles. The second-order valence-corrected chi connectivity index (χ2v) is 10.1. The maximum absolute atomic E-state index is 5.86. The van der Waals surface area contributed by atoms with Crippen molar-refractivity contribution in [2.75, 3.05) is 0 Å². The Morgan fingerprint density at radius 3 is 2.00 bits per heavy atom. The molecular formula is C32H19IN2O. The molecule has 0 aliphatic rings. The van der Waals surface area contributed by atoms with Crippen LogP contribution in [0.15, 0.2) is 120 Å². The van der Waals surface area contributed by atoms with Gasteiger partial charge in [0, 0.05) is 37.9 Å². The molecule has 3 heterocycles. The molecule has 0 saturated heterocycles. The third kappa shape index (κ3) is 3.74. The first-order valence-corrected chi connectivity index (χ1v) is 12.8. The average Bonchev–Trinajstić information content (AvgIpc) is 3.31. The van der Waals surface area contributed by atoms with Gasteiger partial charge in [-0.3, -0.25) is 4.98 Å². The van der Waals surface area contributed by atoms with Gasteiger partial charge in [-0.15, -0.1) is 0 Å². The molecule has 170 valence electrons. The summed E-state index contributed by atoms with van der Waals surface area (Å²) in [5, 5.41) is 4.53. The molecule has 0 spiro atoms. The molecule has 7 aromatic rings. The van der Waals surface area contributed by atoms with Crippen molar-refractivity contribution < 1.29 is 4.42 Å². The Morgan fingerprint density at radius 2 is 1.25 bits per heavy atom. The van der Waals surface area contributed by atoms with Gasteiger partial charge >= 0.3 is 0 Å². The lowest BCUT2D eigenvalue weighted by molar-refractivity contribution is 0.654. The van der Waals surface area contributed by atoms with E-state index in [9.17, 15) is 0 Å². The highest BCUT2D eigenvalue weighted by Crippen LogP contribution is 2.32. The second kappa shape index (κ2) is 8.57. The van der Waals surface area contributed by atoms with Gasteiger partial charge in [0.15, 0.2) is 0 Å². The van der Waals surface area contributed by atoms with E-state index < -0.39 is 0 Å². The van der Waals surface area contributed by atoms with Crippen molar-refractivity contribution in [1.29, 1.82) is 0 Å². The zero-order chi connectivity index (χ0) is 24.1. The van der Waals surface area contributed by atoms with Crippen LogP contribution >= 0.6 is 22.6 Å². The van der Waals surface area contributed by atoms with Crippen molar-refractivity contribution >= 4 is 55.4 Å². The van der Waals surface area contributed by atoms with Gasteiger partial charge in [-0.2, -0.15) is 0 Å². The van der Waals surface area contributed by atoms with Crippen LogP contribution in [-0.2, 0) is 0 Å². The summed E-state index contributed by atoms with van der Waals surface area (Å²) >= 11 is 2.34. The van der Waals surface area contributed by atoms with E-state index in [1.54, 1.807) is 6.20 Å². The standard InChI is InChI=1S/C32H19IN2O/c33-27-11-7-20(8-12-27)21-3-4-23-17-24(6-5-22(23)16-21)26-9-13-30(35-19-26)25-10-14-31-29(18-25)28-2-1-15-34-32(28)36-31/h1-19H. The summed E-state index contributed by atoms with van der Waals surface area (Å²) in [4.78, 5) is 9.12. The number of aromatic nitrogens is 2. The first-order chi connectivity index (χ1) is 17.7. The Kier molecular flexibility index (Phi) is 5.06. The van der Waals surface area contributed by atoms with E-state index in [4.69, 9.17) is 9.40 Å². The second-order valence-electron chi connectivity index (χ2n) is 8.88. The summed E-state index contributed by atoms with van der Waals surface area (Å²) in [5.41, 5.74) is 8.21. The van der Waals surface area contributed by atoms with Gasteiger partial charge in [0.05, 0.1) is 5.69 Å². The average molecular weight is 574 g/mol. The normalized spacial score (nSPS) is 11.5. The fourth-order valence-electron chi connectivity index (χ4n) is 4.75. The van der Waals surface area contributed by atoms with Crippen LogP contribution in [0.4, 0.5) is 0 Å². The van der Waals surface area contributed by atoms with Gasteiger partial charge in [0.1, 0.15) is 5.58 Å². The number of halogens is 1. The maximum Gasteiger partial charge on any atom is 0.227 e. The van der Waals surface area contributed by atoms with Crippen LogP contribution < -0.4 is 0 Å². The summed E-state index contributed by atoms with van der Waals surface area (Å²) in [7, 11) is 0. The van der Waals surface area contributed by atoms with Crippen LogP contribution in [0.1, 0.15) is 0 Å². The largest absolute Gasteiger partial charge is 0.438 e. The van der Waals surface area contributed by atoms with Crippen LogP contribution in [0.25, 0.3) is 66.4 Å². The molecule has 0 N–H and O–H groups in total. The predicted molar refractivity (Wildman–Crippen MR) is 156 cm³/mol. The minimum atomic E-state index is 0.662. The van der Waals surface area contributed by atoms with Crippen LogP contribution in [-0.4, -0.2) is 9.97 Å². The Labute approximate surface area is 221 Å². The smallest absolute Gasteiger partial charge is 0.227 e. The number of hydrogen-bond acceptors (Lipinski definition) is 3. The van der Waals surface area contributed by atoms with Crippen molar-refractivity contribution in [3.05, 3.63) is 119 Å². The summed E-state index contributed by atoms with van der Waals surface area (Å²) < 4.78 is 7.11. The van der Waals surface area contributed by atoms with E-state index in [2.05, 4.69) is 106 Å². The van der Waals surface area contributed by atoms with Crippen molar-refractivity contribution in [2.24, 2.45) is 0 Å². The van der Waals surface area contributed by atoms with Gasteiger partial charge in [-0.25, -0.2) is 4.98 Å². The minimum absolute atomic E-state index is 0.662. The van der Waals surface area contributed by atoms with E-state index in [1.807, 2.05) is 30.5 Å². The third-order valence-corrected chi connectivity index (χ3v) is 7.38. The van der Waals surface area contributed by atoms with Crippen molar-refractivity contribution in [1.82, 2.24) is 9.97 Å². The molecule has 0 fully saturated rings.